The minimum atomic E-state index is -0.669. The molecule has 1 N–H and O–H groups in total. The Morgan fingerprint density at radius 3 is 2.43 bits per heavy atom. The zero-order valence-corrected chi connectivity index (χ0v) is 21.9. The third-order valence-corrected chi connectivity index (χ3v) is 6.72. The first-order chi connectivity index (χ1) is 18.0. The Bertz CT molecular complexity index is 1200. The highest BCUT2D eigenvalue weighted by Gasteiger charge is 2.30. The molecule has 1 aliphatic heterocycles. The molecule has 0 aromatic heterocycles. The average molecular weight is 521 g/mol. The average Bonchev–Trinajstić information content (AvgIpc) is 2.93. The summed E-state index contributed by atoms with van der Waals surface area (Å²) in [4.78, 5) is 28.8. The molecule has 3 aromatic rings. The summed E-state index contributed by atoms with van der Waals surface area (Å²) in [5, 5.41) is 3.57. The lowest BCUT2D eigenvalue weighted by atomic mass is 10.0. The van der Waals surface area contributed by atoms with Crippen LogP contribution >= 0.6 is 11.6 Å². The van der Waals surface area contributed by atoms with Gasteiger partial charge >= 0.3 is 0 Å². The van der Waals surface area contributed by atoms with E-state index in [1.165, 1.54) is 0 Å². The van der Waals surface area contributed by atoms with E-state index in [9.17, 15) is 9.59 Å². The summed E-state index contributed by atoms with van der Waals surface area (Å²) in [7, 11) is 0. The van der Waals surface area contributed by atoms with Gasteiger partial charge in [0.2, 0.25) is 11.8 Å². The molecular weight excluding hydrogens is 488 g/mol. The van der Waals surface area contributed by atoms with Crippen LogP contribution in [0.3, 0.4) is 0 Å². The standard InChI is InChI=1S/C30H33ClN2O4/c1-2-16-32-30(35)26(19-22-8-4-3-5-9-22)33(21-24-10-6-7-11-25(24)31)29(34)15-13-23-12-14-27-28(20-23)37-18-17-36-27/h3-12,14,20,26H,2,13,15-19,21H2,1H3,(H,32,35)/t26-/m0/s1. The van der Waals surface area contributed by atoms with Gasteiger partial charge in [0, 0.05) is 31.0 Å². The molecular formula is C30H33ClN2O4. The summed E-state index contributed by atoms with van der Waals surface area (Å²) >= 11 is 6.48. The number of ether oxygens (including phenoxy) is 2. The molecule has 4 rings (SSSR count). The van der Waals surface area contributed by atoms with Gasteiger partial charge in [-0.25, -0.2) is 0 Å². The van der Waals surface area contributed by atoms with Crippen LogP contribution in [0.5, 0.6) is 11.5 Å². The molecule has 1 atom stereocenters. The first-order valence-corrected chi connectivity index (χ1v) is 13.2. The zero-order valence-electron chi connectivity index (χ0n) is 21.1. The van der Waals surface area contributed by atoms with Gasteiger partial charge in [0.05, 0.1) is 0 Å². The number of aryl methyl sites for hydroxylation is 1. The van der Waals surface area contributed by atoms with Crippen LogP contribution in [-0.2, 0) is 29.0 Å². The van der Waals surface area contributed by atoms with Crippen LogP contribution in [0.25, 0.3) is 0 Å². The third-order valence-electron chi connectivity index (χ3n) is 6.35. The number of rotatable bonds is 11. The second kappa shape index (κ2) is 13.2. The first-order valence-electron chi connectivity index (χ1n) is 12.8. The summed E-state index contributed by atoms with van der Waals surface area (Å²) < 4.78 is 11.3. The number of amides is 2. The van der Waals surface area contributed by atoms with E-state index in [0.717, 1.165) is 28.9 Å². The summed E-state index contributed by atoms with van der Waals surface area (Å²) in [6.45, 7) is 3.85. The predicted octanol–water partition coefficient (Wildman–Crippen LogP) is 5.21. The van der Waals surface area contributed by atoms with Gasteiger partial charge in [0.25, 0.3) is 0 Å². The van der Waals surface area contributed by atoms with Crippen molar-refractivity contribution in [2.45, 2.75) is 45.2 Å². The number of fused-ring (bicyclic) bond motifs is 1. The molecule has 1 aliphatic rings. The van der Waals surface area contributed by atoms with Crippen LogP contribution < -0.4 is 14.8 Å². The second-order valence-electron chi connectivity index (χ2n) is 9.09. The fraction of sp³-hybridized carbons (Fsp3) is 0.333. The van der Waals surface area contributed by atoms with Crippen molar-refractivity contribution in [1.29, 1.82) is 0 Å². The topological polar surface area (TPSA) is 67.9 Å². The van der Waals surface area contributed by atoms with E-state index in [0.29, 0.717) is 43.4 Å². The van der Waals surface area contributed by atoms with Gasteiger partial charge in [-0.2, -0.15) is 0 Å². The Balaban J connectivity index is 1.59. The van der Waals surface area contributed by atoms with E-state index in [1.807, 2.05) is 73.7 Å². The van der Waals surface area contributed by atoms with E-state index < -0.39 is 6.04 Å². The molecule has 3 aromatic carbocycles. The number of carbonyl (C=O) groups is 2. The lowest BCUT2D eigenvalue weighted by molar-refractivity contribution is -0.141. The highest BCUT2D eigenvalue weighted by atomic mass is 35.5. The lowest BCUT2D eigenvalue weighted by Gasteiger charge is -2.32. The SMILES string of the molecule is CCCNC(=O)[C@H](Cc1ccccc1)N(Cc1ccccc1Cl)C(=O)CCc1ccc2c(c1)OCCO2. The summed E-state index contributed by atoms with van der Waals surface area (Å²) in [5.41, 5.74) is 2.77. The lowest BCUT2D eigenvalue weighted by Crippen LogP contribution is -2.50. The molecule has 7 heteroatoms. The van der Waals surface area contributed by atoms with Gasteiger partial charge in [-0.05, 0) is 47.7 Å². The number of nitrogens with zero attached hydrogens (tertiary/aromatic N) is 1. The molecule has 194 valence electrons. The van der Waals surface area contributed by atoms with Crippen molar-refractivity contribution in [3.63, 3.8) is 0 Å². The summed E-state index contributed by atoms with van der Waals surface area (Å²) in [6, 6.07) is 22.3. The van der Waals surface area contributed by atoms with Gasteiger partial charge in [-0.3, -0.25) is 9.59 Å². The molecule has 0 aliphatic carbocycles. The molecule has 0 bridgehead atoms. The molecule has 0 fully saturated rings. The van der Waals surface area contributed by atoms with E-state index >= 15 is 0 Å². The van der Waals surface area contributed by atoms with Crippen LogP contribution in [0.15, 0.2) is 72.8 Å². The third kappa shape index (κ3) is 7.26. The number of nitrogens with one attached hydrogen (secondary N) is 1. The maximum absolute atomic E-state index is 13.8. The fourth-order valence-corrected chi connectivity index (χ4v) is 4.56. The maximum Gasteiger partial charge on any atom is 0.243 e. The number of hydrogen-bond acceptors (Lipinski definition) is 4. The predicted molar refractivity (Wildman–Crippen MR) is 145 cm³/mol. The minimum absolute atomic E-state index is 0.109. The van der Waals surface area contributed by atoms with Crippen LogP contribution in [0, 0.1) is 0 Å². The van der Waals surface area contributed by atoms with Crippen molar-refractivity contribution in [1.82, 2.24) is 10.2 Å². The molecule has 0 spiro atoms. The molecule has 1 heterocycles. The van der Waals surface area contributed by atoms with Crippen LogP contribution in [0.4, 0.5) is 0 Å². The molecule has 6 nitrogen and oxygen atoms in total. The number of hydrogen-bond donors (Lipinski definition) is 1. The maximum atomic E-state index is 13.8. The number of benzene rings is 3. The van der Waals surface area contributed by atoms with Gasteiger partial charge in [-0.15, -0.1) is 0 Å². The largest absolute Gasteiger partial charge is 0.486 e. The van der Waals surface area contributed by atoms with Gasteiger partial charge in [0.1, 0.15) is 19.3 Å². The van der Waals surface area contributed by atoms with E-state index in [4.69, 9.17) is 21.1 Å². The number of carbonyl (C=O) groups excluding carboxylic acids is 2. The normalized spacial score (nSPS) is 13.0. The molecule has 37 heavy (non-hydrogen) atoms. The fourth-order valence-electron chi connectivity index (χ4n) is 4.37. The van der Waals surface area contributed by atoms with Gasteiger partial charge in [0.15, 0.2) is 11.5 Å². The molecule has 0 unspecified atom stereocenters. The second-order valence-corrected chi connectivity index (χ2v) is 9.49. The van der Waals surface area contributed by atoms with Crippen molar-refractivity contribution in [2.24, 2.45) is 0 Å². The molecule has 0 saturated heterocycles. The zero-order chi connectivity index (χ0) is 26.0. The van der Waals surface area contributed by atoms with Crippen LogP contribution in [0.2, 0.25) is 5.02 Å². The van der Waals surface area contributed by atoms with Crippen LogP contribution in [0.1, 0.15) is 36.5 Å². The van der Waals surface area contributed by atoms with Crippen LogP contribution in [-0.4, -0.2) is 42.5 Å². The Kier molecular flexibility index (Phi) is 9.44. The smallest absolute Gasteiger partial charge is 0.243 e. The summed E-state index contributed by atoms with van der Waals surface area (Å²) in [6.07, 6.45) is 1.99. The summed E-state index contributed by atoms with van der Waals surface area (Å²) in [5.74, 6) is 1.15. The monoisotopic (exact) mass is 520 g/mol. The van der Waals surface area contributed by atoms with E-state index in [-0.39, 0.29) is 24.8 Å². The molecule has 2 amide bonds. The molecule has 0 radical (unpaired) electrons. The Hall–Kier alpha value is -3.51. The Labute approximate surface area is 223 Å². The Morgan fingerprint density at radius 1 is 0.946 bits per heavy atom. The quantitative estimate of drug-likeness (QED) is 0.377. The van der Waals surface area contributed by atoms with Crippen molar-refractivity contribution < 1.29 is 19.1 Å². The Morgan fingerprint density at radius 2 is 1.68 bits per heavy atom. The van der Waals surface area contributed by atoms with Crippen molar-refractivity contribution in [2.75, 3.05) is 19.8 Å². The highest BCUT2D eigenvalue weighted by molar-refractivity contribution is 6.31. The van der Waals surface area contributed by atoms with Crippen molar-refractivity contribution >= 4 is 23.4 Å². The highest BCUT2D eigenvalue weighted by Crippen LogP contribution is 2.31. The number of halogens is 1. The van der Waals surface area contributed by atoms with Gasteiger partial charge in [-0.1, -0.05) is 73.1 Å². The van der Waals surface area contributed by atoms with Gasteiger partial charge < -0.3 is 19.7 Å². The van der Waals surface area contributed by atoms with Crippen molar-refractivity contribution in [3.05, 3.63) is 94.5 Å². The minimum Gasteiger partial charge on any atom is -0.486 e. The first kappa shape index (κ1) is 26.6. The van der Waals surface area contributed by atoms with E-state index in [1.54, 1.807) is 11.0 Å². The van der Waals surface area contributed by atoms with Crippen molar-refractivity contribution in [3.8, 4) is 11.5 Å². The molecule has 0 saturated carbocycles. The van der Waals surface area contributed by atoms with E-state index in [2.05, 4.69) is 5.32 Å².